The average molecular weight is 426 g/mol. The summed E-state index contributed by atoms with van der Waals surface area (Å²) in [7, 11) is 1.65. The average Bonchev–Trinajstić information content (AvgIpc) is 3.38. The third kappa shape index (κ3) is 4.33. The number of aryl methyl sites for hydroxylation is 2. The predicted octanol–water partition coefficient (Wildman–Crippen LogP) is 3.49. The molecule has 1 aliphatic rings. The Hall–Kier alpha value is -2.87. The van der Waals surface area contributed by atoms with E-state index < -0.39 is 0 Å². The smallest absolute Gasteiger partial charge is 0.225 e. The Morgan fingerprint density at radius 2 is 1.83 bits per heavy atom. The molecule has 1 fully saturated rings. The monoisotopic (exact) mass is 425 g/mol. The summed E-state index contributed by atoms with van der Waals surface area (Å²) in [5.74, 6) is 0.867. The molecule has 1 saturated heterocycles. The first-order valence-corrected chi connectivity index (χ1v) is 11.0. The van der Waals surface area contributed by atoms with Crippen LogP contribution in [-0.4, -0.2) is 40.9 Å². The summed E-state index contributed by atoms with van der Waals surface area (Å²) < 4.78 is 7.29. The predicted molar refractivity (Wildman–Crippen MR) is 118 cm³/mol. The van der Waals surface area contributed by atoms with Crippen LogP contribution in [0.3, 0.4) is 0 Å². The number of rotatable bonds is 6. The number of nitrogens with zero attached hydrogens (tertiary/aromatic N) is 4. The Kier molecular flexibility index (Phi) is 6.03. The van der Waals surface area contributed by atoms with E-state index in [4.69, 9.17) is 4.74 Å². The summed E-state index contributed by atoms with van der Waals surface area (Å²) >= 11 is 1.58. The minimum absolute atomic E-state index is 0.0422. The molecule has 3 aromatic rings. The molecule has 158 valence electrons. The Labute approximate surface area is 180 Å². The minimum atomic E-state index is -0.0422. The van der Waals surface area contributed by atoms with E-state index in [1.54, 1.807) is 18.4 Å². The molecule has 0 aliphatic carbocycles. The van der Waals surface area contributed by atoms with Gasteiger partial charge < -0.3 is 15.0 Å². The van der Waals surface area contributed by atoms with Gasteiger partial charge in [0.25, 0.3) is 0 Å². The van der Waals surface area contributed by atoms with E-state index in [-0.39, 0.29) is 11.8 Å². The maximum atomic E-state index is 12.8. The second-order valence-electron chi connectivity index (χ2n) is 7.67. The number of nitrogens with one attached hydrogen (secondary N) is 1. The van der Waals surface area contributed by atoms with Crippen LogP contribution in [0.15, 0.2) is 36.4 Å². The van der Waals surface area contributed by atoms with Gasteiger partial charge in [-0.1, -0.05) is 23.5 Å². The van der Waals surface area contributed by atoms with E-state index in [9.17, 15) is 4.79 Å². The van der Waals surface area contributed by atoms with Gasteiger partial charge in [0.05, 0.1) is 13.0 Å². The van der Waals surface area contributed by atoms with Crippen LogP contribution in [0.1, 0.15) is 29.8 Å². The molecule has 3 heterocycles. The van der Waals surface area contributed by atoms with E-state index >= 15 is 0 Å². The van der Waals surface area contributed by atoms with Crippen molar-refractivity contribution in [2.75, 3.05) is 25.1 Å². The van der Waals surface area contributed by atoms with Crippen LogP contribution < -0.4 is 15.0 Å². The highest BCUT2D eigenvalue weighted by Gasteiger charge is 2.27. The maximum absolute atomic E-state index is 12.8. The van der Waals surface area contributed by atoms with Gasteiger partial charge in [0, 0.05) is 31.0 Å². The third-order valence-electron chi connectivity index (χ3n) is 5.55. The molecule has 30 heavy (non-hydrogen) atoms. The maximum Gasteiger partial charge on any atom is 0.225 e. The fourth-order valence-corrected chi connectivity index (χ4v) is 4.84. The summed E-state index contributed by atoms with van der Waals surface area (Å²) in [6.45, 7) is 6.23. The van der Waals surface area contributed by atoms with Gasteiger partial charge in [0.1, 0.15) is 5.75 Å². The first-order valence-electron chi connectivity index (χ1n) is 10.2. The fourth-order valence-electron chi connectivity index (χ4n) is 3.84. The molecule has 0 radical (unpaired) electrons. The number of carbonyl (C=O) groups is 1. The lowest BCUT2D eigenvalue weighted by atomic mass is 9.97. The molecule has 7 nitrogen and oxygen atoms in total. The normalized spacial score (nSPS) is 16.5. The molecule has 4 rings (SSSR count). The molecule has 1 atom stereocenters. The summed E-state index contributed by atoms with van der Waals surface area (Å²) in [4.78, 5) is 14.9. The van der Waals surface area contributed by atoms with Crippen molar-refractivity contribution in [3.63, 3.8) is 0 Å². The van der Waals surface area contributed by atoms with Crippen LogP contribution in [0.4, 0.5) is 5.13 Å². The largest absolute Gasteiger partial charge is 0.497 e. The SMILES string of the molecule is COc1ccc(CNC(=O)[C@@H]2CCCN(c3nnc(-n4c(C)ccc4C)s3)C2)cc1. The Morgan fingerprint density at radius 1 is 1.13 bits per heavy atom. The van der Waals surface area contributed by atoms with Crippen LogP contribution in [0, 0.1) is 19.8 Å². The van der Waals surface area contributed by atoms with Crippen molar-refractivity contribution in [2.24, 2.45) is 5.92 Å². The molecular formula is C22H27N5O2S. The lowest BCUT2D eigenvalue weighted by Gasteiger charge is -2.31. The van der Waals surface area contributed by atoms with E-state index in [1.807, 2.05) is 24.3 Å². The van der Waals surface area contributed by atoms with E-state index in [0.717, 1.165) is 52.4 Å². The molecule has 0 saturated carbocycles. The Bertz CT molecular complexity index is 991. The van der Waals surface area contributed by atoms with Gasteiger partial charge in [-0.05, 0) is 56.5 Å². The van der Waals surface area contributed by atoms with Crippen LogP contribution in [0.2, 0.25) is 0 Å². The van der Waals surface area contributed by atoms with Crippen LogP contribution in [0.25, 0.3) is 5.13 Å². The van der Waals surface area contributed by atoms with Crippen molar-refractivity contribution >= 4 is 22.4 Å². The van der Waals surface area contributed by atoms with Gasteiger partial charge in [-0.3, -0.25) is 9.36 Å². The molecule has 0 bridgehead atoms. The van der Waals surface area contributed by atoms with E-state index in [0.29, 0.717) is 13.1 Å². The van der Waals surface area contributed by atoms with Crippen molar-refractivity contribution < 1.29 is 9.53 Å². The zero-order chi connectivity index (χ0) is 21.1. The number of anilines is 1. The summed E-state index contributed by atoms with van der Waals surface area (Å²) in [5.41, 5.74) is 3.34. The molecule has 2 aromatic heterocycles. The van der Waals surface area contributed by atoms with Crippen LogP contribution in [0.5, 0.6) is 5.75 Å². The highest BCUT2D eigenvalue weighted by molar-refractivity contribution is 7.17. The van der Waals surface area contributed by atoms with Crippen molar-refractivity contribution in [2.45, 2.75) is 33.2 Å². The first-order chi connectivity index (χ1) is 14.5. The van der Waals surface area contributed by atoms with Gasteiger partial charge in [-0.15, -0.1) is 10.2 Å². The molecule has 1 aliphatic heterocycles. The Morgan fingerprint density at radius 3 is 2.53 bits per heavy atom. The van der Waals surface area contributed by atoms with Gasteiger partial charge in [-0.25, -0.2) is 0 Å². The molecule has 0 unspecified atom stereocenters. The number of piperidine rings is 1. The number of methoxy groups -OCH3 is 1. The zero-order valence-corrected chi connectivity index (χ0v) is 18.4. The number of aromatic nitrogens is 3. The van der Waals surface area contributed by atoms with Crippen molar-refractivity contribution in [3.8, 4) is 10.9 Å². The number of amides is 1. The topological polar surface area (TPSA) is 72.3 Å². The van der Waals surface area contributed by atoms with E-state index in [2.05, 4.69) is 51.0 Å². The van der Waals surface area contributed by atoms with Crippen LogP contribution in [-0.2, 0) is 11.3 Å². The van der Waals surface area contributed by atoms with Crippen molar-refractivity contribution in [1.29, 1.82) is 0 Å². The summed E-state index contributed by atoms with van der Waals surface area (Å²) in [5, 5.41) is 13.6. The Balaban J connectivity index is 1.37. The highest BCUT2D eigenvalue weighted by atomic mass is 32.1. The minimum Gasteiger partial charge on any atom is -0.497 e. The van der Waals surface area contributed by atoms with Gasteiger partial charge >= 0.3 is 0 Å². The van der Waals surface area contributed by atoms with Crippen molar-refractivity contribution in [3.05, 3.63) is 53.3 Å². The van der Waals surface area contributed by atoms with Gasteiger partial charge in [-0.2, -0.15) is 0 Å². The third-order valence-corrected chi connectivity index (χ3v) is 6.52. The van der Waals surface area contributed by atoms with Gasteiger partial charge in [0.15, 0.2) is 0 Å². The second-order valence-corrected chi connectivity index (χ2v) is 8.60. The highest BCUT2D eigenvalue weighted by Crippen LogP contribution is 2.29. The standard InChI is InChI=1S/C22H27N5O2S/c1-15-6-7-16(2)27(15)22-25-24-21(30-22)26-12-4-5-18(14-26)20(28)23-13-17-8-10-19(29-3)11-9-17/h6-11,18H,4-5,12-14H2,1-3H3,(H,23,28)/t18-/m1/s1. The quantitative estimate of drug-likeness (QED) is 0.655. The van der Waals surface area contributed by atoms with E-state index in [1.165, 1.54) is 0 Å². The molecule has 1 amide bonds. The molecule has 1 N–H and O–H groups in total. The molecule has 1 aromatic carbocycles. The molecule has 0 spiro atoms. The van der Waals surface area contributed by atoms with Crippen molar-refractivity contribution in [1.82, 2.24) is 20.1 Å². The zero-order valence-electron chi connectivity index (χ0n) is 17.6. The van der Waals surface area contributed by atoms with Gasteiger partial charge in [0.2, 0.25) is 16.2 Å². The lowest BCUT2D eigenvalue weighted by Crippen LogP contribution is -2.43. The second kappa shape index (κ2) is 8.87. The summed E-state index contributed by atoms with van der Waals surface area (Å²) in [6.07, 6.45) is 1.86. The molecular weight excluding hydrogens is 398 g/mol. The first kappa shape index (κ1) is 20.4. The van der Waals surface area contributed by atoms with Crippen LogP contribution >= 0.6 is 11.3 Å². The molecule has 8 heteroatoms. The summed E-state index contributed by atoms with van der Waals surface area (Å²) in [6, 6.07) is 11.9. The number of hydrogen-bond acceptors (Lipinski definition) is 6. The fraction of sp³-hybridized carbons (Fsp3) is 0.409. The number of ether oxygens (including phenoxy) is 1. The lowest BCUT2D eigenvalue weighted by molar-refractivity contribution is -0.125. The number of hydrogen-bond donors (Lipinski definition) is 1. The number of benzene rings is 1. The number of carbonyl (C=O) groups excluding carboxylic acids is 1.